The van der Waals surface area contributed by atoms with Crippen LogP contribution in [0, 0.1) is 0 Å². The lowest BCUT2D eigenvalue weighted by Gasteiger charge is -2.06. The van der Waals surface area contributed by atoms with E-state index in [1.54, 1.807) is 18.2 Å². The highest BCUT2D eigenvalue weighted by Gasteiger charge is 2.23. The quantitative estimate of drug-likeness (QED) is 0.610. The van der Waals surface area contributed by atoms with E-state index in [1.165, 1.54) is 13.2 Å². The van der Waals surface area contributed by atoms with Crippen molar-refractivity contribution in [1.82, 2.24) is 4.98 Å². The smallest absolute Gasteiger partial charge is 0.305 e. The molecular formula is C20H20N2O5S. The maximum atomic E-state index is 12.0. The largest absolute Gasteiger partial charge is 0.469 e. The van der Waals surface area contributed by atoms with Gasteiger partial charge in [-0.25, -0.2) is 18.5 Å². The first kappa shape index (κ1) is 19.8. The molecule has 0 aliphatic heterocycles. The number of hydrogen-bond donors (Lipinski definition) is 1. The molecule has 0 atom stereocenters. The fourth-order valence-electron chi connectivity index (χ4n) is 2.83. The van der Waals surface area contributed by atoms with Crippen LogP contribution < -0.4 is 5.14 Å². The lowest BCUT2D eigenvalue weighted by atomic mass is 10.1. The molecule has 3 rings (SSSR count). The maximum Gasteiger partial charge on any atom is 0.305 e. The molecular weight excluding hydrogens is 380 g/mol. The Morgan fingerprint density at radius 2 is 1.79 bits per heavy atom. The molecule has 0 aliphatic carbocycles. The number of nitrogens with two attached hydrogens (primary N) is 1. The second-order valence-corrected chi connectivity index (χ2v) is 7.65. The first-order valence-electron chi connectivity index (χ1n) is 8.64. The van der Waals surface area contributed by atoms with Gasteiger partial charge in [0.15, 0.2) is 11.7 Å². The van der Waals surface area contributed by atoms with Gasteiger partial charge in [0.1, 0.15) is 5.69 Å². The molecule has 0 saturated heterocycles. The van der Waals surface area contributed by atoms with Crippen molar-refractivity contribution in [2.24, 2.45) is 5.14 Å². The number of sulfonamides is 1. The van der Waals surface area contributed by atoms with Crippen LogP contribution in [-0.4, -0.2) is 26.5 Å². The third kappa shape index (κ3) is 4.47. The number of ether oxygens (including phenoxy) is 1. The Balaban J connectivity index is 2.06. The highest BCUT2D eigenvalue weighted by molar-refractivity contribution is 7.89. The molecule has 0 saturated carbocycles. The second-order valence-electron chi connectivity index (χ2n) is 6.12. The number of esters is 1. The summed E-state index contributed by atoms with van der Waals surface area (Å²) in [5.41, 5.74) is 1.64. The monoisotopic (exact) mass is 400 g/mol. The van der Waals surface area contributed by atoms with Crippen molar-refractivity contribution in [3.05, 3.63) is 60.5 Å². The van der Waals surface area contributed by atoms with E-state index >= 15 is 0 Å². The van der Waals surface area contributed by atoms with Gasteiger partial charge in [-0.05, 0) is 18.6 Å². The van der Waals surface area contributed by atoms with E-state index in [-0.39, 0.29) is 17.3 Å². The molecule has 0 spiro atoms. The van der Waals surface area contributed by atoms with Crippen molar-refractivity contribution >= 4 is 16.0 Å². The van der Waals surface area contributed by atoms with Crippen molar-refractivity contribution in [1.29, 1.82) is 0 Å². The van der Waals surface area contributed by atoms with E-state index in [1.807, 2.05) is 30.3 Å². The molecule has 1 aromatic heterocycles. The zero-order valence-electron chi connectivity index (χ0n) is 15.3. The molecule has 2 aromatic carbocycles. The van der Waals surface area contributed by atoms with Gasteiger partial charge in [0.25, 0.3) is 0 Å². The average Bonchev–Trinajstić information content (AvgIpc) is 3.12. The molecule has 0 fully saturated rings. The Bertz CT molecular complexity index is 1070. The van der Waals surface area contributed by atoms with Gasteiger partial charge < -0.3 is 9.15 Å². The normalized spacial score (nSPS) is 11.4. The first-order valence-corrected chi connectivity index (χ1v) is 10.2. The first-order chi connectivity index (χ1) is 13.4. The number of benzene rings is 2. The molecule has 1 heterocycles. The summed E-state index contributed by atoms with van der Waals surface area (Å²) in [6, 6.07) is 15.7. The zero-order chi connectivity index (χ0) is 20.1. The average molecular weight is 400 g/mol. The number of primary sulfonamides is 1. The summed E-state index contributed by atoms with van der Waals surface area (Å²) >= 11 is 0. The van der Waals surface area contributed by atoms with Crippen LogP contribution in [0.3, 0.4) is 0 Å². The van der Waals surface area contributed by atoms with Crippen molar-refractivity contribution < 1.29 is 22.4 Å². The molecule has 28 heavy (non-hydrogen) atoms. The van der Waals surface area contributed by atoms with E-state index in [4.69, 9.17) is 9.56 Å². The highest BCUT2D eigenvalue weighted by atomic mass is 32.2. The minimum Gasteiger partial charge on any atom is -0.469 e. The van der Waals surface area contributed by atoms with E-state index in [9.17, 15) is 13.2 Å². The Morgan fingerprint density at radius 3 is 2.46 bits per heavy atom. The van der Waals surface area contributed by atoms with Crippen molar-refractivity contribution in [3.8, 4) is 22.6 Å². The molecule has 8 heteroatoms. The van der Waals surface area contributed by atoms with E-state index in [0.717, 1.165) is 5.56 Å². The number of aromatic nitrogens is 1. The van der Waals surface area contributed by atoms with Crippen LogP contribution in [0.2, 0.25) is 0 Å². The lowest BCUT2D eigenvalue weighted by Crippen LogP contribution is -2.13. The van der Waals surface area contributed by atoms with Crippen LogP contribution in [0.1, 0.15) is 18.7 Å². The topological polar surface area (TPSA) is 112 Å². The predicted molar refractivity (Wildman–Crippen MR) is 104 cm³/mol. The minimum absolute atomic E-state index is 0.0376. The number of aryl methyl sites for hydroxylation is 1. The highest BCUT2D eigenvalue weighted by Crippen LogP contribution is 2.36. The van der Waals surface area contributed by atoms with Gasteiger partial charge >= 0.3 is 5.97 Å². The summed E-state index contributed by atoms with van der Waals surface area (Å²) < 4.78 is 34.6. The second kappa shape index (κ2) is 8.37. The summed E-state index contributed by atoms with van der Waals surface area (Å²) in [7, 11) is -2.62. The molecule has 0 unspecified atom stereocenters. The van der Waals surface area contributed by atoms with E-state index in [0.29, 0.717) is 35.7 Å². The summed E-state index contributed by atoms with van der Waals surface area (Å²) in [4.78, 5) is 15.8. The van der Waals surface area contributed by atoms with Gasteiger partial charge in [-0.2, -0.15) is 0 Å². The molecule has 146 valence electrons. The molecule has 0 bridgehead atoms. The molecule has 7 nitrogen and oxygen atoms in total. The van der Waals surface area contributed by atoms with Gasteiger partial charge in [-0.3, -0.25) is 4.79 Å². The fourth-order valence-corrected chi connectivity index (χ4v) is 3.57. The standard InChI is InChI=1S/C20H20N2O5S/c1-26-18(23)13-7-12-17-22-19(14-8-3-2-4-9-14)20(27-17)15-10-5-6-11-16(15)28(21,24)25/h2-6,8-11H,7,12-13H2,1H3,(H2,21,24,25). The van der Waals surface area contributed by atoms with Crippen LogP contribution in [-0.2, 0) is 26.0 Å². The van der Waals surface area contributed by atoms with Gasteiger partial charge in [0.2, 0.25) is 10.0 Å². The van der Waals surface area contributed by atoms with Crippen LogP contribution in [0.25, 0.3) is 22.6 Å². The Hall–Kier alpha value is -2.97. The maximum absolute atomic E-state index is 12.0. The minimum atomic E-state index is -3.95. The van der Waals surface area contributed by atoms with Crippen LogP contribution >= 0.6 is 0 Å². The molecule has 0 radical (unpaired) electrons. The fraction of sp³-hybridized carbons (Fsp3) is 0.200. The summed E-state index contributed by atoms with van der Waals surface area (Å²) in [5.74, 6) is 0.417. The number of rotatable bonds is 7. The van der Waals surface area contributed by atoms with Crippen molar-refractivity contribution in [2.45, 2.75) is 24.2 Å². The van der Waals surface area contributed by atoms with E-state index in [2.05, 4.69) is 9.72 Å². The van der Waals surface area contributed by atoms with Gasteiger partial charge in [0, 0.05) is 24.0 Å². The Labute approximate surface area is 163 Å². The van der Waals surface area contributed by atoms with Crippen LogP contribution in [0.5, 0.6) is 0 Å². The SMILES string of the molecule is COC(=O)CCCc1nc(-c2ccccc2)c(-c2ccccc2S(N)(=O)=O)o1. The Kier molecular flexibility index (Phi) is 5.91. The number of oxazole rings is 1. The third-order valence-corrected chi connectivity index (χ3v) is 5.13. The predicted octanol–water partition coefficient (Wildman–Crippen LogP) is 3.15. The molecule has 0 aliphatic rings. The Morgan fingerprint density at radius 1 is 1.11 bits per heavy atom. The molecule has 0 amide bonds. The summed E-state index contributed by atoms with van der Waals surface area (Å²) in [6.45, 7) is 0. The molecule has 3 aromatic rings. The molecule has 2 N–H and O–H groups in total. The van der Waals surface area contributed by atoms with E-state index < -0.39 is 10.0 Å². The third-order valence-electron chi connectivity index (χ3n) is 4.16. The summed E-state index contributed by atoms with van der Waals surface area (Å²) in [5, 5.41) is 5.38. The van der Waals surface area contributed by atoms with Crippen LogP contribution in [0.15, 0.2) is 63.9 Å². The number of hydrogen-bond acceptors (Lipinski definition) is 6. The zero-order valence-corrected chi connectivity index (χ0v) is 16.1. The summed E-state index contributed by atoms with van der Waals surface area (Å²) in [6.07, 6.45) is 1.15. The lowest BCUT2D eigenvalue weighted by molar-refractivity contribution is -0.140. The van der Waals surface area contributed by atoms with Gasteiger partial charge in [-0.15, -0.1) is 0 Å². The number of nitrogens with zero attached hydrogens (tertiary/aromatic N) is 1. The number of carbonyl (C=O) groups is 1. The van der Waals surface area contributed by atoms with Crippen molar-refractivity contribution in [2.75, 3.05) is 7.11 Å². The van der Waals surface area contributed by atoms with Crippen LogP contribution in [0.4, 0.5) is 0 Å². The van der Waals surface area contributed by atoms with Gasteiger partial charge in [-0.1, -0.05) is 42.5 Å². The number of carbonyl (C=O) groups excluding carboxylic acids is 1. The van der Waals surface area contributed by atoms with Crippen molar-refractivity contribution in [3.63, 3.8) is 0 Å². The number of methoxy groups -OCH3 is 1. The van der Waals surface area contributed by atoms with Gasteiger partial charge in [0.05, 0.1) is 12.0 Å².